The number of H-pyrrole nitrogens is 1. The molecule has 0 aliphatic carbocycles. The number of nitrogens with zero attached hydrogens (tertiary/aromatic N) is 1. The first-order chi connectivity index (χ1) is 10.7. The number of imidazole rings is 1. The molecule has 0 bridgehead atoms. The van der Waals surface area contributed by atoms with E-state index in [1.807, 2.05) is 36.4 Å². The maximum absolute atomic E-state index is 11.9. The highest BCUT2D eigenvalue weighted by Gasteiger charge is 2.05. The number of hydrogen-bond donors (Lipinski definition) is 2. The first-order valence-corrected chi connectivity index (χ1v) is 7.53. The lowest BCUT2D eigenvalue weighted by Gasteiger charge is -2.04. The van der Waals surface area contributed by atoms with Gasteiger partial charge in [-0.1, -0.05) is 35.9 Å². The summed E-state index contributed by atoms with van der Waals surface area (Å²) in [5.41, 5.74) is 2.87. The number of para-hydroxylation sites is 2. The number of fused-ring (bicyclic) bond motifs is 1. The van der Waals surface area contributed by atoms with Gasteiger partial charge in [0.2, 0.25) is 5.91 Å². The van der Waals surface area contributed by atoms with Crippen molar-refractivity contribution < 1.29 is 4.79 Å². The summed E-state index contributed by atoms with van der Waals surface area (Å²) in [5.74, 6) is 0.864. The molecule has 2 N–H and O–H groups in total. The third kappa shape index (κ3) is 3.65. The molecule has 112 valence electrons. The van der Waals surface area contributed by atoms with Crippen molar-refractivity contribution in [2.45, 2.75) is 12.8 Å². The number of carbonyl (C=O) groups excluding carboxylic acids is 1. The van der Waals surface area contributed by atoms with Crippen molar-refractivity contribution in [2.24, 2.45) is 0 Å². The Morgan fingerprint density at radius 3 is 2.86 bits per heavy atom. The van der Waals surface area contributed by atoms with Crippen LogP contribution in [-0.4, -0.2) is 22.4 Å². The van der Waals surface area contributed by atoms with E-state index < -0.39 is 0 Å². The number of rotatable bonds is 5. The number of halogens is 1. The van der Waals surface area contributed by atoms with Gasteiger partial charge in [-0.15, -0.1) is 0 Å². The van der Waals surface area contributed by atoms with Crippen LogP contribution < -0.4 is 5.32 Å². The minimum Gasteiger partial charge on any atom is -0.355 e. The second kappa shape index (κ2) is 6.62. The van der Waals surface area contributed by atoms with Gasteiger partial charge in [0.1, 0.15) is 5.82 Å². The van der Waals surface area contributed by atoms with Gasteiger partial charge in [0, 0.05) is 18.0 Å². The lowest BCUT2D eigenvalue weighted by atomic mass is 10.1. The standard InChI is InChI=1S/C17H16ClN3O/c18-13-5-3-4-12(10-13)11-17(22)19-9-8-16-20-14-6-1-2-7-15(14)21-16/h1-7,10H,8-9,11H2,(H,19,22)(H,20,21). The Morgan fingerprint density at radius 2 is 2.05 bits per heavy atom. The predicted molar refractivity (Wildman–Crippen MR) is 88.0 cm³/mol. The maximum Gasteiger partial charge on any atom is 0.224 e. The highest BCUT2D eigenvalue weighted by Crippen LogP contribution is 2.11. The van der Waals surface area contributed by atoms with Gasteiger partial charge >= 0.3 is 0 Å². The third-order valence-corrected chi connectivity index (χ3v) is 3.61. The van der Waals surface area contributed by atoms with Crippen molar-refractivity contribution in [2.75, 3.05) is 6.54 Å². The van der Waals surface area contributed by atoms with E-state index in [1.165, 1.54) is 0 Å². The summed E-state index contributed by atoms with van der Waals surface area (Å²) in [4.78, 5) is 19.6. The number of aromatic amines is 1. The van der Waals surface area contributed by atoms with E-state index in [1.54, 1.807) is 12.1 Å². The van der Waals surface area contributed by atoms with Crippen molar-refractivity contribution in [3.8, 4) is 0 Å². The molecule has 4 nitrogen and oxygen atoms in total. The van der Waals surface area contributed by atoms with Gasteiger partial charge in [-0.05, 0) is 29.8 Å². The second-order valence-electron chi connectivity index (χ2n) is 5.11. The van der Waals surface area contributed by atoms with Crippen LogP contribution >= 0.6 is 11.6 Å². The molecular weight excluding hydrogens is 298 g/mol. The molecule has 0 spiro atoms. The number of hydrogen-bond acceptors (Lipinski definition) is 2. The molecule has 3 rings (SSSR count). The number of aromatic nitrogens is 2. The number of amides is 1. The largest absolute Gasteiger partial charge is 0.355 e. The van der Waals surface area contributed by atoms with E-state index >= 15 is 0 Å². The van der Waals surface area contributed by atoms with Crippen LogP contribution in [0.4, 0.5) is 0 Å². The van der Waals surface area contributed by atoms with Crippen LogP contribution in [-0.2, 0) is 17.6 Å². The smallest absolute Gasteiger partial charge is 0.224 e. The maximum atomic E-state index is 11.9. The van der Waals surface area contributed by atoms with Gasteiger partial charge in [0.25, 0.3) is 0 Å². The molecule has 5 heteroatoms. The van der Waals surface area contributed by atoms with E-state index in [2.05, 4.69) is 15.3 Å². The minimum atomic E-state index is -0.0154. The van der Waals surface area contributed by atoms with Crippen molar-refractivity contribution in [3.05, 3.63) is 64.9 Å². The number of benzene rings is 2. The highest BCUT2D eigenvalue weighted by molar-refractivity contribution is 6.30. The molecule has 0 saturated carbocycles. The van der Waals surface area contributed by atoms with E-state index in [4.69, 9.17) is 11.6 Å². The molecule has 3 aromatic rings. The van der Waals surface area contributed by atoms with E-state index in [0.717, 1.165) is 22.4 Å². The minimum absolute atomic E-state index is 0.0154. The Hall–Kier alpha value is -2.33. The van der Waals surface area contributed by atoms with Gasteiger partial charge in [0.15, 0.2) is 0 Å². The fourth-order valence-electron chi connectivity index (χ4n) is 2.34. The van der Waals surface area contributed by atoms with E-state index in [0.29, 0.717) is 24.4 Å². The van der Waals surface area contributed by atoms with Crippen molar-refractivity contribution >= 4 is 28.5 Å². The zero-order chi connectivity index (χ0) is 15.4. The lowest BCUT2D eigenvalue weighted by Crippen LogP contribution is -2.27. The normalized spacial score (nSPS) is 10.8. The van der Waals surface area contributed by atoms with Crippen LogP contribution in [0, 0.1) is 0 Å². The van der Waals surface area contributed by atoms with Crippen LogP contribution in [0.15, 0.2) is 48.5 Å². The molecule has 0 aliphatic rings. The van der Waals surface area contributed by atoms with E-state index in [-0.39, 0.29) is 5.91 Å². The number of carbonyl (C=O) groups is 1. The fourth-order valence-corrected chi connectivity index (χ4v) is 2.55. The zero-order valence-electron chi connectivity index (χ0n) is 12.0. The summed E-state index contributed by atoms with van der Waals surface area (Å²) in [7, 11) is 0. The Kier molecular flexibility index (Phi) is 4.39. The predicted octanol–water partition coefficient (Wildman–Crippen LogP) is 3.12. The van der Waals surface area contributed by atoms with Crippen LogP contribution in [0.3, 0.4) is 0 Å². The number of nitrogens with one attached hydrogen (secondary N) is 2. The molecular formula is C17H16ClN3O. The molecule has 0 unspecified atom stereocenters. The van der Waals surface area contributed by atoms with Crippen molar-refractivity contribution in [1.82, 2.24) is 15.3 Å². The molecule has 1 amide bonds. The SMILES string of the molecule is O=C(Cc1cccc(Cl)c1)NCCc1nc2ccccc2[nH]1. The summed E-state index contributed by atoms with van der Waals surface area (Å²) in [5, 5.41) is 3.55. The summed E-state index contributed by atoms with van der Waals surface area (Å²) in [6.45, 7) is 0.555. The van der Waals surface area contributed by atoms with Crippen LogP contribution in [0.5, 0.6) is 0 Å². The second-order valence-corrected chi connectivity index (χ2v) is 5.54. The molecule has 1 heterocycles. The Labute approximate surface area is 133 Å². The third-order valence-electron chi connectivity index (χ3n) is 3.38. The first kappa shape index (κ1) is 14.6. The first-order valence-electron chi connectivity index (χ1n) is 7.15. The van der Waals surface area contributed by atoms with E-state index in [9.17, 15) is 4.79 Å². The summed E-state index contributed by atoms with van der Waals surface area (Å²) < 4.78 is 0. The Bertz CT molecular complexity index is 764. The summed E-state index contributed by atoms with van der Waals surface area (Å²) in [6, 6.07) is 15.2. The summed E-state index contributed by atoms with van der Waals surface area (Å²) >= 11 is 5.91. The highest BCUT2D eigenvalue weighted by atomic mass is 35.5. The van der Waals surface area contributed by atoms with Gasteiger partial charge in [-0.25, -0.2) is 4.98 Å². The molecule has 22 heavy (non-hydrogen) atoms. The van der Waals surface area contributed by atoms with Gasteiger partial charge in [0.05, 0.1) is 17.5 Å². The van der Waals surface area contributed by atoms with Gasteiger partial charge < -0.3 is 10.3 Å². The van der Waals surface area contributed by atoms with Crippen LogP contribution in [0.1, 0.15) is 11.4 Å². The van der Waals surface area contributed by atoms with Crippen molar-refractivity contribution in [3.63, 3.8) is 0 Å². The van der Waals surface area contributed by atoms with Gasteiger partial charge in [-0.3, -0.25) is 4.79 Å². The fraction of sp³-hybridized carbons (Fsp3) is 0.176. The zero-order valence-corrected chi connectivity index (χ0v) is 12.7. The Morgan fingerprint density at radius 1 is 1.18 bits per heavy atom. The molecule has 1 aromatic heterocycles. The summed E-state index contributed by atoms with van der Waals surface area (Å²) in [6.07, 6.45) is 1.01. The quantitative estimate of drug-likeness (QED) is 0.760. The molecule has 0 fully saturated rings. The molecule has 2 aromatic carbocycles. The topological polar surface area (TPSA) is 57.8 Å². The van der Waals surface area contributed by atoms with Crippen LogP contribution in [0.2, 0.25) is 5.02 Å². The molecule has 0 saturated heterocycles. The molecule has 0 radical (unpaired) electrons. The molecule has 0 atom stereocenters. The van der Waals surface area contributed by atoms with Crippen LogP contribution in [0.25, 0.3) is 11.0 Å². The lowest BCUT2D eigenvalue weighted by molar-refractivity contribution is -0.120. The monoisotopic (exact) mass is 313 g/mol. The molecule has 0 aliphatic heterocycles. The average molecular weight is 314 g/mol. The average Bonchev–Trinajstić information content (AvgIpc) is 2.90. The Balaban J connectivity index is 1.51. The van der Waals surface area contributed by atoms with Gasteiger partial charge in [-0.2, -0.15) is 0 Å². The van der Waals surface area contributed by atoms with Crippen molar-refractivity contribution in [1.29, 1.82) is 0 Å².